The number of allylic oxidation sites excluding steroid dienone is 1. The summed E-state index contributed by atoms with van der Waals surface area (Å²) in [5.74, 6) is 0.294. The second-order valence-corrected chi connectivity index (χ2v) is 8.28. The van der Waals surface area contributed by atoms with Gasteiger partial charge in [-0.15, -0.1) is 0 Å². The van der Waals surface area contributed by atoms with Crippen LogP contribution in [-0.4, -0.2) is 52.6 Å². The molecule has 1 aliphatic carbocycles. The highest BCUT2D eigenvalue weighted by Crippen LogP contribution is 2.36. The fourth-order valence-corrected chi connectivity index (χ4v) is 4.65. The second-order valence-electron chi connectivity index (χ2n) is 8.28. The van der Waals surface area contributed by atoms with Gasteiger partial charge in [-0.1, -0.05) is 30.3 Å². The SMILES string of the molecule is O=C1C=C(N2CCCCC2)c2nc(-c3ccccc3)nc(N3CCCCC3)c2C1=O. The third-order valence-corrected chi connectivity index (χ3v) is 6.24. The Hall–Kier alpha value is -3.02. The number of hydrogen-bond acceptors (Lipinski definition) is 6. The van der Waals surface area contributed by atoms with Gasteiger partial charge in [0, 0.05) is 37.8 Å². The molecule has 6 nitrogen and oxygen atoms in total. The smallest absolute Gasteiger partial charge is 0.238 e. The van der Waals surface area contributed by atoms with E-state index in [1.165, 1.54) is 18.9 Å². The van der Waals surface area contributed by atoms with Gasteiger partial charge in [-0.25, -0.2) is 9.97 Å². The number of nitrogens with zero attached hydrogens (tertiary/aromatic N) is 4. The maximum absolute atomic E-state index is 13.0. The van der Waals surface area contributed by atoms with E-state index in [-0.39, 0.29) is 0 Å². The Morgan fingerprint density at radius 1 is 0.733 bits per heavy atom. The molecule has 1 aromatic carbocycles. The number of likely N-dealkylation sites (tertiary alicyclic amines) is 1. The molecule has 2 aromatic rings. The highest BCUT2D eigenvalue weighted by Gasteiger charge is 2.35. The van der Waals surface area contributed by atoms with Crippen molar-refractivity contribution in [3.63, 3.8) is 0 Å². The quantitative estimate of drug-likeness (QED) is 0.729. The first kappa shape index (κ1) is 19.0. The standard InChI is InChI=1S/C24H26N4O2/c29-19-16-18(27-12-6-2-7-13-27)21-20(22(19)30)24(28-14-8-3-9-15-28)26-23(25-21)17-10-4-1-5-11-17/h1,4-5,10-11,16H,2-3,6-9,12-15H2. The maximum Gasteiger partial charge on any atom is 0.238 e. The number of Topliss-reactive ketones (excluding diaryl/α,β-unsaturated/α-hetero) is 1. The number of carbonyl (C=O) groups is 2. The van der Waals surface area contributed by atoms with Crippen LogP contribution in [0.4, 0.5) is 5.82 Å². The molecule has 0 saturated carbocycles. The van der Waals surface area contributed by atoms with Crippen LogP contribution >= 0.6 is 0 Å². The number of rotatable bonds is 3. The normalized spacial score (nSPS) is 19.5. The minimum Gasteiger partial charge on any atom is -0.370 e. The summed E-state index contributed by atoms with van der Waals surface area (Å²) >= 11 is 0. The van der Waals surface area contributed by atoms with E-state index in [1.54, 1.807) is 0 Å². The fourth-order valence-electron chi connectivity index (χ4n) is 4.65. The van der Waals surface area contributed by atoms with Gasteiger partial charge < -0.3 is 9.80 Å². The zero-order valence-corrected chi connectivity index (χ0v) is 17.1. The van der Waals surface area contributed by atoms with Gasteiger partial charge in [-0.2, -0.15) is 0 Å². The lowest BCUT2D eigenvalue weighted by Gasteiger charge is -2.35. The molecule has 2 aliphatic heterocycles. The second kappa shape index (κ2) is 8.01. The third-order valence-electron chi connectivity index (χ3n) is 6.24. The molecule has 0 atom stereocenters. The molecule has 2 saturated heterocycles. The first-order chi connectivity index (χ1) is 14.7. The van der Waals surface area contributed by atoms with Crippen molar-refractivity contribution >= 4 is 23.1 Å². The van der Waals surface area contributed by atoms with Gasteiger partial charge in [0.05, 0.1) is 11.3 Å². The van der Waals surface area contributed by atoms with Crippen molar-refractivity contribution in [1.29, 1.82) is 0 Å². The summed E-state index contributed by atoms with van der Waals surface area (Å²) in [7, 11) is 0. The average molecular weight is 402 g/mol. The molecule has 6 heteroatoms. The maximum atomic E-state index is 13.0. The number of carbonyl (C=O) groups excluding carboxylic acids is 2. The number of piperidine rings is 2. The Balaban J connectivity index is 1.70. The van der Waals surface area contributed by atoms with Crippen LogP contribution in [0.5, 0.6) is 0 Å². The zero-order valence-electron chi connectivity index (χ0n) is 17.1. The lowest BCUT2D eigenvalue weighted by atomic mass is 9.94. The predicted molar refractivity (Wildman–Crippen MR) is 116 cm³/mol. The molecular weight excluding hydrogens is 376 g/mol. The van der Waals surface area contributed by atoms with Gasteiger partial charge in [0.25, 0.3) is 0 Å². The predicted octanol–water partition coefficient (Wildman–Crippen LogP) is 3.73. The third kappa shape index (κ3) is 3.40. The average Bonchev–Trinajstić information content (AvgIpc) is 2.82. The summed E-state index contributed by atoms with van der Waals surface area (Å²) in [6, 6.07) is 9.88. The van der Waals surface area contributed by atoms with Gasteiger partial charge in [-0.05, 0) is 38.5 Å². The van der Waals surface area contributed by atoms with Crippen LogP contribution in [0.15, 0.2) is 36.4 Å². The minimum atomic E-state index is -0.481. The van der Waals surface area contributed by atoms with E-state index in [9.17, 15) is 9.59 Å². The number of aromatic nitrogens is 2. The molecule has 0 unspecified atom stereocenters. The molecular formula is C24H26N4O2. The van der Waals surface area contributed by atoms with Gasteiger partial charge in [-0.3, -0.25) is 9.59 Å². The molecule has 3 aliphatic rings. The lowest BCUT2D eigenvalue weighted by Crippen LogP contribution is -2.37. The van der Waals surface area contributed by atoms with Gasteiger partial charge in [0.2, 0.25) is 11.6 Å². The van der Waals surface area contributed by atoms with Crippen molar-refractivity contribution in [2.45, 2.75) is 38.5 Å². The summed E-state index contributed by atoms with van der Waals surface area (Å²) in [6.45, 7) is 3.47. The Bertz CT molecular complexity index is 1000. The van der Waals surface area contributed by atoms with E-state index >= 15 is 0 Å². The van der Waals surface area contributed by atoms with Crippen molar-refractivity contribution in [1.82, 2.24) is 14.9 Å². The van der Waals surface area contributed by atoms with Crippen LogP contribution in [0.1, 0.15) is 54.6 Å². The van der Waals surface area contributed by atoms with Crippen LogP contribution in [0.3, 0.4) is 0 Å². The monoisotopic (exact) mass is 402 g/mol. The first-order valence-corrected chi connectivity index (χ1v) is 11.0. The molecule has 2 fully saturated rings. The van der Waals surface area contributed by atoms with E-state index in [2.05, 4.69) is 9.80 Å². The number of ketones is 2. The van der Waals surface area contributed by atoms with E-state index < -0.39 is 11.6 Å². The van der Waals surface area contributed by atoms with E-state index in [0.29, 0.717) is 22.9 Å². The Morgan fingerprint density at radius 3 is 2.03 bits per heavy atom. The zero-order chi connectivity index (χ0) is 20.5. The van der Waals surface area contributed by atoms with Crippen molar-refractivity contribution in [2.24, 2.45) is 0 Å². The highest BCUT2D eigenvalue weighted by atomic mass is 16.2. The Kier molecular flexibility index (Phi) is 5.07. The first-order valence-electron chi connectivity index (χ1n) is 11.0. The largest absolute Gasteiger partial charge is 0.370 e. The van der Waals surface area contributed by atoms with Crippen LogP contribution in [-0.2, 0) is 4.79 Å². The van der Waals surface area contributed by atoms with Crippen molar-refractivity contribution in [3.8, 4) is 11.4 Å². The van der Waals surface area contributed by atoms with Gasteiger partial charge in [0.15, 0.2) is 5.82 Å². The topological polar surface area (TPSA) is 66.4 Å². The summed E-state index contributed by atoms with van der Waals surface area (Å²) < 4.78 is 0. The summed E-state index contributed by atoms with van der Waals surface area (Å²) in [5, 5.41) is 0. The number of benzene rings is 1. The molecule has 1 aromatic heterocycles. The molecule has 30 heavy (non-hydrogen) atoms. The Labute approximate surface area is 176 Å². The van der Waals surface area contributed by atoms with Crippen LogP contribution in [0.2, 0.25) is 0 Å². The van der Waals surface area contributed by atoms with Crippen LogP contribution in [0.25, 0.3) is 17.1 Å². The molecule has 0 N–H and O–H groups in total. The summed E-state index contributed by atoms with van der Waals surface area (Å²) in [6.07, 6.45) is 8.18. The lowest BCUT2D eigenvalue weighted by molar-refractivity contribution is -0.111. The molecule has 0 amide bonds. The fraction of sp³-hybridized carbons (Fsp3) is 0.417. The van der Waals surface area contributed by atoms with Crippen molar-refractivity contribution in [2.75, 3.05) is 31.1 Å². The molecule has 3 heterocycles. The van der Waals surface area contributed by atoms with E-state index in [0.717, 1.165) is 63.1 Å². The van der Waals surface area contributed by atoms with Crippen molar-refractivity contribution in [3.05, 3.63) is 47.7 Å². The van der Waals surface area contributed by atoms with Crippen LogP contribution < -0.4 is 4.90 Å². The molecule has 5 rings (SSSR count). The minimum absolute atomic E-state index is 0.393. The van der Waals surface area contributed by atoms with E-state index in [1.807, 2.05) is 30.3 Å². The Morgan fingerprint density at radius 2 is 1.37 bits per heavy atom. The van der Waals surface area contributed by atoms with E-state index in [4.69, 9.17) is 9.97 Å². The molecule has 0 spiro atoms. The number of hydrogen-bond donors (Lipinski definition) is 0. The highest BCUT2D eigenvalue weighted by molar-refractivity contribution is 6.51. The van der Waals surface area contributed by atoms with Gasteiger partial charge >= 0.3 is 0 Å². The summed E-state index contributed by atoms with van der Waals surface area (Å²) in [4.78, 5) is 39.8. The summed E-state index contributed by atoms with van der Waals surface area (Å²) in [5.41, 5.74) is 2.72. The van der Waals surface area contributed by atoms with Crippen molar-refractivity contribution < 1.29 is 9.59 Å². The molecule has 0 radical (unpaired) electrons. The van der Waals surface area contributed by atoms with Gasteiger partial charge in [0.1, 0.15) is 11.5 Å². The van der Waals surface area contributed by atoms with Crippen LogP contribution in [0, 0.1) is 0 Å². The number of fused-ring (bicyclic) bond motifs is 1. The molecule has 154 valence electrons. The number of anilines is 1. The molecule has 0 bridgehead atoms.